The first kappa shape index (κ1) is 24.5. The van der Waals surface area contributed by atoms with Crippen LogP contribution in [0.3, 0.4) is 0 Å². The number of esters is 1. The summed E-state index contributed by atoms with van der Waals surface area (Å²) in [4.78, 5) is 40.7. The molecule has 1 heterocycles. The molecule has 3 N–H and O–H groups in total. The maximum absolute atomic E-state index is 13.6. The van der Waals surface area contributed by atoms with Crippen molar-refractivity contribution in [2.45, 2.75) is 63.8 Å². The van der Waals surface area contributed by atoms with Crippen LogP contribution in [0.4, 0.5) is 0 Å². The number of nitrogens with two attached hydrogens (primary N) is 1. The van der Waals surface area contributed by atoms with Gasteiger partial charge in [0.05, 0.1) is 5.54 Å². The van der Waals surface area contributed by atoms with E-state index in [0.717, 1.165) is 11.1 Å². The van der Waals surface area contributed by atoms with Crippen LogP contribution in [-0.4, -0.2) is 46.9 Å². The maximum atomic E-state index is 13.6. The lowest BCUT2D eigenvalue weighted by atomic mass is 9.97. The van der Waals surface area contributed by atoms with Crippen LogP contribution < -0.4 is 11.1 Å². The first-order valence-electron chi connectivity index (χ1n) is 11.5. The number of carbonyl (C=O) groups excluding carboxylic acids is 3. The molecule has 2 amide bonds. The molecule has 1 aliphatic rings. The fourth-order valence-corrected chi connectivity index (χ4v) is 3.83. The van der Waals surface area contributed by atoms with E-state index in [2.05, 4.69) is 5.32 Å². The normalized spacial score (nSPS) is 18.3. The number of hydrogen-bond acceptors (Lipinski definition) is 5. The van der Waals surface area contributed by atoms with Crippen molar-refractivity contribution in [1.82, 2.24) is 10.2 Å². The van der Waals surface area contributed by atoms with Crippen molar-refractivity contribution in [3.63, 3.8) is 0 Å². The number of rotatable bonds is 9. The van der Waals surface area contributed by atoms with Gasteiger partial charge in [0.1, 0.15) is 18.7 Å². The van der Waals surface area contributed by atoms with Crippen molar-refractivity contribution < 1.29 is 19.1 Å². The molecule has 33 heavy (non-hydrogen) atoms. The van der Waals surface area contributed by atoms with Gasteiger partial charge in [0.25, 0.3) is 0 Å². The molecule has 2 aromatic rings. The maximum Gasteiger partial charge on any atom is 0.329 e. The number of nitrogens with one attached hydrogen (secondary N) is 1. The molecule has 176 valence electrons. The van der Waals surface area contributed by atoms with Gasteiger partial charge in [-0.1, -0.05) is 67.6 Å². The number of carbonyl (C=O) groups is 3. The number of amides is 2. The van der Waals surface area contributed by atoms with E-state index in [1.807, 2.05) is 67.6 Å². The zero-order valence-corrected chi connectivity index (χ0v) is 19.3. The summed E-state index contributed by atoms with van der Waals surface area (Å²) in [5.74, 6) is -1.10. The molecule has 2 aromatic carbocycles. The van der Waals surface area contributed by atoms with Crippen molar-refractivity contribution in [1.29, 1.82) is 0 Å². The monoisotopic (exact) mass is 451 g/mol. The molecule has 1 fully saturated rings. The lowest BCUT2D eigenvalue weighted by Gasteiger charge is -2.30. The number of likely N-dealkylation sites (tertiary alicyclic amines) is 1. The van der Waals surface area contributed by atoms with E-state index in [9.17, 15) is 14.4 Å². The van der Waals surface area contributed by atoms with Crippen molar-refractivity contribution in [3.05, 3.63) is 71.8 Å². The van der Waals surface area contributed by atoms with Crippen LogP contribution in [0.2, 0.25) is 0 Å². The highest BCUT2D eigenvalue weighted by Crippen LogP contribution is 2.21. The fourth-order valence-electron chi connectivity index (χ4n) is 3.83. The molecule has 1 saturated heterocycles. The second-order valence-corrected chi connectivity index (χ2v) is 8.77. The van der Waals surface area contributed by atoms with Gasteiger partial charge in [-0.05, 0) is 37.3 Å². The number of hydrogen-bond donors (Lipinski definition) is 2. The zero-order valence-electron chi connectivity index (χ0n) is 19.3. The predicted octanol–water partition coefficient (Wildman–Crippen LogP) is 2.58. The molecule has 1 aliphatic heterocycles. The molecule has 0 aliphatic carbocycles. The minimum Gasteiger partial charge on any atom is -0.459 e. The van der Waals surface area contributed by atoms with Crippen LogP contribution in [0, 0.1) is 0 Å². The molecular weight excluding hydrogens is 418 g/mol. The van der Waals surface area contributed by atoms with Gasteiger partial charge in [0.15, 0.2) is 0 Å². The highest BCUT2D eigenvalue weighted by atomic mass is 16.5. The summed E-state index contributed by atoms with van der Waals surface area (Å²) in [6.45, 7) is 4.07. The molecule has 0 saturated carbocycles. The van der Waals surface area contributed by atoms with Gasteiger partial charge in [-0.3, -0.25) is 9.59 Å². The summed E-state index contributed by atoms with van der Waals surface area (Å²) >= 11 is 0. The Balaban J connectivity index is 1.73. The summed E-state index contributed by atoms with van der Waals surface area (Å²) in [6.07, 6.45) is 1.98. The topological polar surface area (TPSA) is 102 Å². The standard InChI is InChI=1S/C26H33N3O4/c1-3-26(2,27)25(32)28-21(17-19-11-6-4-7-12-19)23(30)29-16-10-15-22(29)24(31)33-18-20-13-8-5-9-14-20/h4-9,11-14,21-22H,3,10,15-18,27H2,1-2H3,(H,28,32)/t21-,22+,26-/m0/s1. The van der Waals surface area contributed by atoms with Gasteiger partial charge in [0.2, 0.25) is 11.8 Å². The van der Waals surface area contributed by atoms with E-state index < -0.39 is 23.6 Å². The molecule has 0 spiro atoms. The van der Waals surface area contributed by atoms with E-state index in [0.29, 0.717) is 32.2 Å². The van der Waals surface area contributed by atoms with Crippen LogP contribution in [0.5, 0.6) is 0 Å². The summed E-state index contributed by atoms with van der Waals surface area (Å²) in [7, 11) is 0. The Hall–Kier alpha value is -3.19. The Morgan fingerprint density at radius 3 is 2.30 bits per heavy atom. The van der Waals surface area contributed by atoms with Gasteiger partial charge in [0, 0.05) is 13.0 Å². The second kappa shape index (κ2) is 11.1. The van der Waals surface area contributed by atoms with Gasteiger partial charge >= 0.3 is 5.97 Å². The molecular formula is C26H33N3O4. The molecule has 7 heteroatoms. The molecule has 7 nitrogen and oxygen atoms in total. The molecule has 0 radical (unpaired) electrons. The number of benzene rings is 2. The van der Waals surface area contributed by atoms with Crippen LogP contribution >= 0.6 is 0 Å². The third kappa shape index (κ3) is 6.42. The fraction of sp³-hybridized carbons (Fsp3) is 0.423. The Labute approximate surface area is 195 Å². The average molecular weight is 452 g/mol. The van der Waals surface area contributed by atoms with Gasteiger partial charge in [-0.25, -0.2) is 4.79 Å². The van der Waals surface area contributed by atoms with Crippen LogP contribution in [0.25, 0.3) is 0 Å². The van der Waals surface area contributed by atoms with E-state index in [1.165, 1.54) is 0 Å². The zero-order chi connectivity index (χ0) is 23.8. The summed E-state index contributed by atoms with van der Waals surface area (Å²) in [6, 6.07) is 17.4. The molecule has 0 unspecified atom stereocenters. The van der Waals surface area contributed by atoms with Crippen molar-refractivity contribution in [3.8, 4) is 0 Å². The third-order valence-electron chi connectivity index (χ3n) is 6.17. The summed E-state index contributed by atoms with van der Waals surface area (Å²) < 4.78 is 5.50. The summed E-state index contributed by atoms with van der Waals surface area (Å²) in [5.41, 5.74) is 6.82. The highest BCUT2D eigenvalue weighted by Gasteiger charge is 2.39. The van der Waals surface area contributed by atoms with Crippen molar-refractivity contribution in [2.75, 3.05) is 6.54 Å². The molecule has 0 aromatic heterocycles. The van der Waals surface area contributed by atoms with Crippen LogP contribution in [0.1, 0.15) is 44.2 Å². The van der Waals surface area contributed by atoms with E-state index >= 15 is 0 Å². The third-order valence-corrected chi connectivity index (χ3v) is 6.17. The van der Waals surface area contributed by atoms with Gasteiger partial charge < -0.3 is 20.7 Å². The summed E-state index contributed by atoms with van der Waals surface area (Å²) in [5, 5.41) is 2.84. The molecule has 3 atom stereocenters. The second-order valence-electron chi connectivity index (χ2n) is 8.77. The van der Waals surface area contributed by atoms with Crippen LogP contribution in [0.15, 0.2) is 60.7 Å². The number of ether oxygens (including phenoxy) is 1. The smallest absolute Gasteiger partial charge is 0.329 e. The minimum atomic E-state index is -1.09. The Morgan fingerprint density at radius 1 is 1.09 bits per heavy atom. The minimum absolute atomic E-state index is 0.157. The average Bonchev–Trinajstić information content (AvgIpc) is 3.33. The molecule has 3 rings (SSSR count). The largest absolute Gasteiger partial charge is 0.459 e. The van der Waals surface area contributed by atoms with Gasteiger partial charge in [-0.15, -0.1) is 0 Å². The first-order valence-corrected chi connectivity index (χ1v) is 11.5. The highest BCUT2D eigenvalue weighted by molar-refractivity contribution is 5.93. The quantitative estimate of drug-likeness (QED) is 0.571. The lowest BCUT2D eigenvalue weighted by Crippen LogP contribution is -2.59. The predicted molar refractivity (Wildman–Crippen MR) is 126 cm³/mol. The van der Waals surface area contributed by atoms with Crippen LogP contribution in [-0.2, 0) is 32.1 Å². The Bertz CT molecular complexity index is 947. The Kier molecular flexibility index (Phi) is 8.22. The molecule has 0 bridgehead atoms. The van der Waals surface area contributed by atoms with E-state index in [-0.39, 0.29) is 18.4 Å². The van der Waals surface area contributed by atoms with Crippen molar-refractivity contribution in [2.24, 2.45) is 5.73 Å². The van der Waals surface area contributed by atoms with E-state index in [1.54, 1.807) is 11.8 Å². The SMILES string of the molecule is CC[C@](C)(N)C(=O)N[C@@H](Cc1ccccc1)C(=O)N1CCC[C@@H]1C(=O)OCc1ccccc1. The number of nitrogens with zero attached hydrogens (tertiary/aromatic N) is 1. The Morgan fingerprint density at radius 2 is 1.70 bits per heavy atom. The van der Waals surface area contributed by atoms with Crippen molar-refractivity contribution >= 4 is 17.8 Å². The van der Waals surface area contributed by atoms with E-state index in [4.69, 9.17) is 10.5 Å². The first-order chi connectivity index (χ1) is 15.8. The van der Waals surface area contributed by atoms with Gasteiger partial charge in [-0.2, -0.15) is 0 Å². The lowest BCUT2D eigenvalue weighted by molar-refractivity contribution is -0.155.